The maximum atomic E-state index is 12.7. The molecule has 3 nitrogen and oxygen atoms in total. The summed E-state index contributed by atoms with van der Waals surface area (Å²) in [7, 11) is 0. The topological polar surface area (TPSA) is 46.3 Å². The Balaban J connectivity index is 2.75. The number of hydrogen-bond acceptors (Lipinski definition) is 2. The molecule has 0 radical (unpaired) electrons. The number of amides is 1. The van der Waals surface area contributed by atoms with E-state index in [0.717, 1.165) is 25.8 Å². The highest BCUT2D eigenvalue weighted by molar-refractivity contribution is 5.79. The maximum Gasteiger partial charge on any atom is 0.226 e. The molecule has 0 saturated heterocycles. The third kappa shape index (κ3) is 3.47. The average molecular weight is 254 g/mol. The molecule has 4 atom stereocenters. The lowest BCUT2D eigenvalue weighted by Crippen LogP contribution is -2.48. The second-order valence-corrected chi connectivity index (χ2v) is 6.32. The molecule has 0 aliphatic heterocycles. The first-order valence-electron chi connectivity index (χ1n) is 7.44. The Labute approximate surface area is 112 Å². The summed E-state index contributed by atoms with van der Waals surface area (Å²) in [4.78, 5) is 14.7. The van der Waals surface area contributed by atoms with Gasteiger partial charge in [-0.3, -0.25) is 4.79 Å². The molecule has 2 N–H and O–H groups in total. The predicted molar refractivity (Wildman–Crippen MR) is 76.2 cm³/mol. The maximum absolute atomic E-state index is 12.7. The fraction of sp³-hybridized carbons (Fsp3) is 0.933. The Kier molecular flexibility index (Phi) is 5.64. The molecule has 1 aliphatic carbocycles. The van der Waals surface area contributed by atoms with Gasteiger partial charge in [-0.2, -0.15) is 0 Å². The largest absolute Gasteiger partial charge is 0.340 e. The molecule has 0 aromatic rings. The van der Waals surface area contributed by atoms with Crippen LogP contribution in [0.15, 0.2) is 0 Å². The third-order valence-corrected chi connectivity index (χ3v) is 4.38. The Morgan fingerprint density at radius 3 is 2.39 bits per heavy atom. The van der Waals surface area contributed by atoms with E-state index in [9.17, 15) is 4.79 Å². The number of nitrogens with zero attached hydrogens (tertiary/aromatic N) is 1. The molecule has 106 valence electrons. The molecule has 1 amide bonds. The van der Waals surface area contributed by atoms with Crippen molar-refractivity contribution in [3.8, 4) is 0 Å². The van der Waals surface area contributed by atoms with Gasteiger partial charge in [0.05, 0.1) is 0 Å². The van der Waals surface area contributed by atoms with Crippen LogP contribution in [0.2, 0.25) is 0 Å². The quantitative estimate of drug-likeness (QED) is 0.838. The third-order valence-electron chi connectivity index (χ3n) is 4.38. The van der Waals surface area contributed by atoms with Crippen LogP contribution in [0.4, 0.5) is 0 Å². The standard InChI is InChI=1S/C15H30N2O/c1-6-7-17(10(2)3)15(18)13-9-14(16)12(5)8-11(13)4/h10-14H,6-9,16H2,1-5H3. The second-order valence-electron chi connectivity index (χ2n) is 6.32. The monoisotopic (exact) mass is 254 g/mol. The summed E-state index contributed by atoms with van der Waals surface area (Å²) in [5, 5.41) is 0. The number of rotatable bonds is 4. The van der Waals surface area contributed by atoms with Crippen molar-refractivity contribution in [3.63, 3.8) is 0 Å². The van der Waals surface area contributed by atoms with Crippen molar-refractivity contribution in [1.82, 2.24) is 4.90 Å². The highest BCUT2D eigenvalue weighted by atomic mass is 16.2. The Hall–Kier alpha value is -0.570. The van der Waals surface area contributed by atoms with E-state index in [0.29, 0.717) is 23.8 Å². The minimum Gasteiger partial charge on any atom is -0.340 e. The van der Waals surface area contributed by atoms with E-state index in [2.05, 4.69) is 34.6 Å². The normalized spacial score (nSPS) is 32.6. The minimum atomic E-state index is 0.130. The van der Waals surface area contributed by atoms with Gasteiger partial charge in [-0.25, -0.2) is 0 Å². The zero-order valence-corrected chi connectivity index (χ0v) is 12.6. The first-order chi connectivity index (χ1) is 8.38. The Morgan fingerprint density at radius 1 is 1.28 bits per heavy atom. The summed E-state index contributed by atoms with van der Waals surface area (Å²) in [6, 6.07) is 0.478. The molecule has 1 saturated carbocycles. The molecular formula is C15H30N2O. The van der Waals surface area contributed by atoms with Crippen LogP contribution in [0.5, 0.6) is 0 Å². The smallest absolute Gasteiger partial charge is 0.226 e. The summed E-state index contributed by atoms with van der Waals surface area (Å²) in [6.45, 7) is 11.6. The van der Waals surface area contributed by atoms with Gasteiger partial charge in [0.15, 0.2) is 0 Å². The number of carbonyl (C=O) groups excluding carboxylic acids is 1. The van der Waals surface area contributed by atoms with Gasteiger partial charge < -0.3 is 10.6 Å². The van der Waals surface area contributed by atoms with Crippen LogP contribution in [0.25, 0.3) is 0 Å². The van der Waals surface area contributed by atoms with Crippen molar-refractivity contribution in [1.29, 1.82) is 0 Å². The van der Waals surface area contributed by atoms with Crippen molar-refractivity contribution >= 4 is 5.91 Å². The van der Waals surface area contributed by atoms with Gasteiger partial charge >= 0.3 is 0 Å². The highest BCUT2D eigenvalue weighted by Crippen LogP contribution is 2.34. The van der Waals surface area contributed by atoms with Gasteiger partial charge in [0.1, 0.15) is 0 Å². The molecule has 0 bridgehead atoms. The highest BCUT2D eigenvalue weighted by Gasteiger charge is 2.37. The van der Waals surface area contributed by atoms with Crippen LogP contribution in [-0.4, -0.2) is 29.4 Å². The SMILES string of the molecule is CCCN(C(=O)C1CC(N)C(C)CC1C)C(C)C. The summed E-state index contributed by atoms with van der Waals surface area (Å²) in [6.07, 6.45) is 2.96. The average Bonchev–Trinajstić information content (AvgIpc) is 2.29. The van der Waals surface area contributed by atoms with E-state index in [-0.39, 0.29) is 12.0 Å². The summed E-state index contributed by atoms with van der Waals surface area (Å²) in [5.41, 5.74) is 6.15. The zero-order chi connectivity index (χ0) is 13.9. The molecule has 0 aromatic heterocycles. The van der Waals surface area contributed by atoms with E-state index in [1.807, 2.05) is 4.90 Å². The molecule has 0 heterocycles. The van der Waals surface area contributed by atoms with Gasteiger partial charge in [0, 0.05) is 24.5 Å². The molecule has 1 aliphatic rings. The Morgan fingerprint density at radius 2 is 1.89 bits per heavy atom. The fourth-order valence-electron chi connectivity index (χ4n) is 3.10. The van der Waals surface area contributed by atoms with E-state index in [1.165, 1.54) is 0 Å². The first kappa shape index (κ1) is 15.5. The van der Waals surface area contributed by atoms with Crippen molar-refractivity contribution in [3.05, 3.63) is 0 Å². The van der Waals surface area contributed by atoms with Crippen LogP contribution in [0, 0.1) is 17.8 Å². The van der Waals surface area contributed by atoms with Crippen molar-refractivity contribution < 1.29 is 4.79 Å². The number of carbonyl (C=O) groups is 1. The van der Waals surface area contributed by atoms with Gasteiger partial charge in [0.2, 0.25) is 5.91 Å². The van der Waals surface area contributed by atoms with Crippen LogP contribution in [0.3, 0.4) is 0 Å². The number of hydrogen-bond donors (Lipinski definition) is 1. The molecule has 0 spiro atoms. The lowest BCUT2D eigenvalue weighted by Gasteiger charge is -2.39. The lowest BCUT2D eigenvalue weighted by atomic mass is 9.72. The molecule has 1 fully saturated rings. The van der Waals surface area contributed by atoms with Gasteiger partial charge in [-0.15, -0.1) is 0 Å². The summed E-state index contributed by atoms with van der Waals surface area (Å²) < 4.78 is 0. The fourth-order valence-corrected chi connectivity index (χ4v) is 3.10. The van der Waals surface area contributed by atoms with Crippen LogP contribution in [-0.2, 0) is 4.79 Å². The van der Waals surface area contributed by atoms with E-state index in [1.54, 1.807) is 0 Å². The molecule has 1 rings (SSSR count). The van der Waals surface area contributed by atoms with Crippen molar-refractivity contribution in [2.45, 2.75) is 66.0 Å². The predicted octanol–water partition coefficient (Wildman–Crippen LogP) is 2.64. The molecule has 18 heavy (non-hydrogen) atoms. The lowest BCUT2D eigenvalue weighted by molar-refractivity contribution is -0.140. The van der Waals surface area contributed by atoms with Crippen LogP contribution in [0.1, 0.15) is 53.9 Å². The van der Waals surface area contributed by atoms with E-state index < -0.39 is 0 Å². The Bertz CT molecular complexity index is 278. The summed E-state index contributed by atoms with van der Waals surface area (Å²) >= 11 is 0. The van der Waals surface area contributed by atoms with Crippen LogP contribution < -0.4 is 5.73 Å². The zero-order valence-electron chi connectivity index (χ0n) is 12.6. The van der Waals surface area contributed by atoms with Gasteiger partial charge in [-0.1, -0.05) is 20.8 Å². The van der Waals surface area contributed by atoms with Crippen molar-refractivity contribution in [2.24, 2.45) is 23.5 Å². The van der Waals surface area contributed by atoms with E-state index >= 15 is 0 Å². The number of nitrogens with two attached hydrogens (primary N) is 1. The molecule has 0 aromatic carbocycles. The van der Waals surface area contributed by atoms with E-state index in [4.69, 9.17) is 5.73 Å². The molecule has 4 unspecified atom stereocenters. The summed E-state index contributed by atoms with van der Waals surface area (Å²) in [5.74, 6) is 1.46. The second kappa shape index (κ2) is 6.55. The van der Waals surface area contributed by atoms with Crippen LogP contribution >= 0.6 is 0 Å². The minimum absolute atomic E-state index is 0.130. The first-order valence-corrected chi connectivity index (χ1v) is 7.44. The van der Waals surface area contributed by atoms with Crippen molar-refractivity contribution in [2.75, 3.05) is 6.54 Å². The molecule has 3 heteroatoms. The molecular weight excluding hydrogens is 224 g/mol. The van der Waals surface area contributed by atoms with Gasteiger partial charge in [-0.05, 0) is 44.9 Å². The van der Waals surface area contributed by atoms with Gasteiger partial charge in [0.25, 0.3) is 0 Å².